The number of thiazole rings is 1. The number of amides is 2. The summed E-state index contributed by atoms with van der Waals surface area (Å²) in [6, 6.07) is 7.00. The Balaban J connectivity index is 1.43. The second-order valence-electron chi connectivity index (χ2n) is 5.45. The van der Waals surface area contributed by atoms with Crippen LogP contribution >= 0.6 is 11.3 Å². The van der Waals surface area contributed by atoms with Gasteiger partial charge in [-0.15, -0.1) is 11.3 Å². The van der Waals surface area contributed by atoms with Crippen LogP contribution in [-0.4, -0.2) is 23.6 Å². The highest BCUT2D eigenvalue weighted by molar-refractivity contribution is 7.16. The van der Waals surface area contributed by atoms with E-state index in [4.69, 9.17) is 19.6 Å². The van der Waals surface area contributed by atoms with Crippen LogP contribution in [0.3, 0.4) is 0 Å². The predicted octanol–water partition coefficient (Wildman–Crippen LogP) is 2.16. The Bertz CT molecular complexity index is 994. The fourth-order valence-electron chi connectivity index (χ4n) is 2.40. The van der Waals surface area contributed by atoms with Crippen LogP contribution in [0.1, 0.15) is 25.8 Å². The van der Waals surface area contributed by atoms with Gasteiger partial charge in [-0.2, -0.15) is 0 Å². The molecule has 0 fully saturated rings. The first-order valence-electron chi connectivity index (χ1n) is 7.61. The normalized spacial score (nSPS) is 12.2. The zero-order valence-corrected chi connectivity index (χ0v) is 14.2. The van der Waals surface area contributed by atoms with Crippen molar-refractivity contribution in [2.45, 2.75) is 6.54 Å². The first kappa shape index (κ1) is 16.2. The second-order valence-corrected chi connectivity index (χ2v) is 6.48. The molecule has 0 unspecified atom stereocenters. The van der Waals surface area contributed by atoms with E-state index in [9.17, 15) is 9.59 Å². The number of carbonyl (C=O) groups excluding carboxylic acids is 2. The van der Waals surface area contributed by atoms with E-state index in [1.165, 1.54) is 29.9 Å². The van der Waals surface area contributed by atoms with E-state index in [-0.39, 0.29) is 24.8 Å². The second kappa shape index (κ2) is 6.52. The molecule has 132 valence electrons. The molecule has 1 aliphatic heterocycles. The smallest absolute Gasteiger partial charge is 0.263 e. The molecule has 0 radical (unpaired) electrons. The molecule has 0 bridgehead atoms. The van der Waals surface area contributed by atoms with E-state index < -0.39 is 5.91 Å². The van der Waals surface area contributed by atoms with E-state index >= 15 is 0 Å². The number of ether oxygens (including phenoxy) is 2. The molecule has 4 rings (SSSR count). The summed E-state index contributed by atoms with van der Waals surface area (Å²) in [7, 11) is 0. The lowest BCUT2D eigenvalue weighted by Crippen LogP contribution is -2.21. The van der Waals surface area contributed by atoms with Crippen molar-refractivity contribution in [1.29, 1.82) is 0 Å². The number of fused-ring (bicyclic) bond motifs is 1. The van der Waals surface area contributed by atoms with Crippen LogP contribution in [0.2, 0.25) is 0 Å². The van der Waals surface area contributed by atoms with Gasteiger partial charge in [-0.3, -0.25) is 9.59 Å². The summed E-state index contributed by atoms with van der Waals surface area (Å²) < 4.78 is 15.8. The number of furan rings is 1. The number of rotatable bonds is 5. The lowest BCUT2D eigenvalue weighted by molar-refractivity contribution is 0.0950. The summed E-state index contributed by atoms with van der Waals surface area (Å²) in [6.45, 7) is 0.345. The van der Waals surface area contributed by atoms with Gasteiger partial charge < -0.3 is 24.9 Å². The molecule has 3 heterocycles. The molecule has 1 aliphatic rings. The van der Waals surface area contributed by atoms with E-state index in [0.717, 1.165) is 5.56 Å². The van der Waals surface area contributed by atoms with Gasteiger partial charge in [0, 0.05) is 5.56 Å². The third-order valence-corrected chi connectivity index (χ3v) is 4.76. The lowest BCUT2D eigenvalue weighted by atomic mass is 10.2. The van der Waals surface area contributed by atoms with Gasteiger partial charge in [0.2, 0.25) is 6.79 Å². The quantitative estimate of drug-likeness (QED) is 0.710. The van der Waals surface area contributed by atoms with Crippen molar-refractivity contribution in [3.63, 3.8) is 0 Å². The summed E-state index contributed by atoms with van der Waals surface area (Å²) in [4.78, 5) is 28.1. The van der Waals surface area contributed by atoms with E-state index in [0.29, 0.717) is 27.1 Å². The molecule has 3 N–H and O–H groups in total. The first-order chi connectivity index (χ1) is 12.6. The predicted molar refractivity (Wildman–Crippen MR) is 92.1 cm³/mol. The van der Waals surface area contributed by atoms with Crippen LogP contribution in [0.4, 0.5) is 0 Å². The molecule has 1 aromatic carbocycles. The van der Waals surface area contributed by atoms with Crippen molar-refractivity contribution >= 4 is 23.2 Å². The Morgan fingerprint density at radius 1 is 1.23 bits per heavy atom. The van der Waals surface area contributed by atoms with Crippen LogP contribution in [0.25, 0.3) is 10.6 Å². The van der Waals surface area contributed by atoms with Gasteiger partial charge in [-0.05, 0) is 24.3 Å². The summed E-state index contributed by atoms with van der Waals surface area (Å²) >= 11 is 1.26. The Morgan fingerprint density at radius 2 is 2.08 bits per heavy atom. The molecule has 0 saturated carbocycles. The highest BCUT2D eigenvalue weighted by Gasteiger charge is 2.17. The molecular formula is C17H13N3O5S. The number of hydrogen-bond donors (Lipinski definition) is 2. The minimum absolute atomic E-state index is 0.142. The van der Waals surface area contributed by atoms with Gasteiger partial charge >= 0.3 is 0 Å². The molecule has 2 aromatic heterocycles. The number of nitrogens with two attached hydrogens (primary N) is 1. The zero-order chi connectivity index (χ0) is 18.1. The standard InChI is InChI=1S/C17H13N3O5S/c18-15(21)10-3-11(23-7-10)5-19-16(22)14-6-20-17(26-14)9-1-2-12-13(4-9)25-8-24-12/h1-4,6-7H,5,8H2,(H2,18,21)(H,19,22). The Hall–Kier alpha value is -3.33. The molecular weight excluding hydrogens is 358 g/mol. The van der Waals surface area contributed by atoms with Gasteiger partial charge in [0.15, 0.2) is 11.5 Å². The fourth-order valence-corrected chi connectivity index (χ4v) is 3.23. The number of carbonyl (C=O) groups is 2. The molecule has 0 atom stereocenters. The van der Waals surface area contributed by atoms with Crippen LogP contribution in [0, 0.1) is 0 Å². The largest absolute Gasteiger partial charge is 0.467 e. The topological polar surface area (TPSA) is 117 Å². The van der Waals surface area contributed by atoms with E-state index in [1.54, 1.807) is 0 Å². The van der Waals surface area contributed by atoms with Crippen molar-refractivity contribution in [3.05, 3.63) is 52.9 Å². The monoisotopic (exact) mass is 371 g/mol. The molecule has 8 nitrogen and oxygen atoms in total. The number of hydrogen-bond acceptors (Lipinski definition) is 7. The number of nitrogens with zero attached hydrogens (tertiary/aromatic N) is 1. The summed E-state index contributed by atoms with van der Waals surface area (Å²) in [5, 5.41) is 3.41. The maximum Gasteiger partial charge on any atom is 0.263 e. The van der Waals surface area contributed by atoms with Crippen LogP contribution < -0.4 is 20.5 Å². The van der Waals surface area contributed by atoms with Crippen LogP contribution in [0.15, 0.2) is 41.1 Å². The summed E-state index contributed by atoms with van der Waals surface area (Å²) in [5.74, 6) is 0.921. The Labute approximate surface area is 151 Å². The maximum atomic E-state index is 12.3. The van der Waals surface area contributed by atoms with E-state index in [1.807, 2.05) is 18.2 Å². The number of primary amides is 1. The van der Waals surface area contributed by atoms with Gasteiger partial charge in [0.05, 0.1) is 18.3 Å². The summed E-state index contributed by atoms with van der Waals surface area (Å²) in [5.41, 5.74) is 6.26. The lowest BCUT2D eigenvalue weighted by Gasteiger charge is -2.00. The van der Waals surface area contributed by atoms with Gasteiger partial charge in [-0.1, -0.05) is 0 Å². The average molecular weight is 371 g/mol. The third kappa shape index (κ3) is 3.11. The SMILES string of the molecule is NC(=O)c1coc(CNC(=O)c2cnc(-c3ccc4c(c3)OCO4)s2)c1. The zero-order valence-electron chi connectivity index (χ0n) is 13.4. The minimum Gasteiger partial charge on any atom is -0.467 e. The van der Waals surface area contributed by atoms with Crippen LogP contribution in [0.5, 0.6) is 11.5 Å². The van der Waals surface area contributed by atoms with Gasteiger partial charge in [0.25, 0.3) is 11.8 Å². The first-order valence-corrected chi connectivity index (χ1v) is 8.43. The Kier molecular flexibility index (Phi) is 4.05. The van der Waals surface area contributed by atoms with Crippen molar-refractivity contribution in [2.75, 3.05) is 6.79 Å². The molecule has 9 heteroatoms. The van der Waals surface area contributed by atoms with Crippen molar-refractivity contribution < 1.29 is 23.5 Å². The molecule has 26 heavy (non-hydrogen) atoms. The van der Waals surface area contributed by atoms with Gasteiger partial charge in [0.1, 0.15) is 21.9 Å². The number of aromatic nitrogens is 1. The number of benzene rings is 1. The van der Waals surface area contributed by atoms with Crippen molar-refractivity contribution in [3.8, 4) is 22.1 Å². The molecule has 0 spiro atoms. The third-order valence-electron chi connectivity index (χ3n) is 3.71. The van der Waals surface area contributed by atoms with Crippen LogP contribution in [-0.2, 0) is 6.54 Å². The highest BCUT2D eigenvalue weighted by Crippen LogP contribution is 2.36. The molecule has 0 saturated heterocycles. The fraction of sp³-hybridized carbons (Fsp3) is 0.118. The van der Waals surface area contributed by atoms with Crippen molar-refractivity contribution in [1.82, 2.24) is 10.3 Å². The molecule has 0 aliphatic carbocycles. The number of nitrogens with one attached hydrogen (secondary N) is 1. The van der Waals surface area contributed by atoms with Gasteiger partial charge in [-0.25, -0.2) is 4.98 Å². The van der Waals surface area contributed by atoms with Crippen molar-refractivity contribution in [2.24, 2.45) is 5.73 Å². The molecule has 2 amide bonds. The summed E-state index contributed by atoms with van der Waals surface area (Å²) in [6.07, 6.45) is 2.77. The highest BCUT2D eigenvalue weighted by atomic mass is 32.1. The minimum atomic E-state index is -0.581. The average Bonchev–Trinajstić information content (AvgIpc) is 3.38. The van der Waals surface area contributed by atoms with E-state index in [2.05, 4.69) is 10.3 Å². The Morgan fingerprint density at radius 3 is 2.88 bits per heavy atom. The molecule has 3 aromatic rings. The maximum absolute atomic E-state index is 12.3.